The summed E-state index contributed by atoms with van der Waals surface area (Å²) in [6.45, 7) is 3.64. The molecule has 0 bridgehead atoms. The molecule has 0 radical (unpaired) electrons. The molecule has 1 rings (SSSR count). The Balaban J connectivity index is 3.03. The van der Waals surface area contributed by atoms with Crippen molar-refractivity contribution in [2.24, 2.45) is 5.92 Å². The van der Waals surface area contributed by atoms with Crippen LogP contribution in [-0.4, -0.2) is 45.2 Å². The van der Waals surface area contributed by atoms with Crippen LogP contribution in [0, 0.1) is 5.92 Å². The minimum Gasteiger partial charge on any atom is -0.480 e. The van der Waals surface area contributed by atoms with E-state index < -0.39 is 18.4 Å². The van der Waals surface area contributed by atoms with Crippen molar-refractivity contribution in [3.05, 3.63) is 21.9 Å². The Hall–Kier alpha value is -1.40. The van der Waals surface area contributed by atoms with E-state index in [4.69, 9.17) is 28.3 Å². The number of hydrogen-bond acceptors (Lipinski definition) is 4. The van der Waals surface area contributed by atoms with Crippen molar-refractivity contribution in [1.82, 2.24) is 15.1 Å². The molecule has 1 amide bonds. The smallest absolute Gasteiger partial charge is 0.323 e. The Bertz CT molecular complexity index is 494. The van der Waals surface area contributed by atoms with Gasteiger partial charge in [-0.25, -0.2) is 0 Å². The molecule has 8 heteroatoms. The SMILES string of the molecule is CC(C)CN(CC(=O)O)C(=O)c1cc(Cl)nnc1Cl. The van der Waals surface area contributed by atoms with Crippen molar-refractivity contribution in [2.45, 2.75) is 13.8 Å². The topological polar surface area (TPSA) is 83.4 Å². The largest absolute Gasteiger partial charge is 0.480 e. The van der Waals surface area contributed by atoms with E-state index in [1.54, 1.807) is 0 Å². The maximum absolute atomic E-state index is 12.2. The van der Waals surface area contributed by atoms with Crippen LogP contribution in [0.25, 0.3) is 0 Å². The molecule has 1 aromatic heterocycles. The standard InChI is InChI=1S/C11H13Cl2N3O3/c1-6(2)4-16(5-9(17)18)11(19)7-3-8(12)14-15-10(7)13/h3,6H,4-5H2,1-2H3,(H,17,18). The molecule has 0 unspecified atom stereocenters. The van der Waals surface area contributed by atoms with Crippen LogP contribution in [0.2, 0.25) is 10.3 Å². The molecular formula is C11H13Cl2N3O3. The van der Waals surface area contributed by atoms with E-state index in [1.165, 1.54) is 11.0 Å². The van der Waals surface area contributed by atoms with Gasteiger partial charge in [-0.15, -0.1) is 10.2 Å². The molecule has 0 aromatic carbocycles. The van der Waals surface area contributed by atoms with Gasteiger partial charge in [-0.05, 0) is 12.0 Å². The highest BCUT2D eigenvalue weighted by atomic mass is 35.5. The van der Waals surface area contributed by atoms with Crippen molar-refractivity contribution in [3.63, 3.8) is 0 Å². The number of carboxylic acid groups (broad SMARTS) is 1. The summed E-state index contributed by atoms with van der Waals surface area (Å²) in [4.78, 5) is 24.2. The quantitative estimate of drug-likeness (QED) is 0.899. The van der Waals surface area contributed by atoms with E-state index in [9.17, 15) is 9.59 Å². The number of halogens is 2. The third-order valence-electron chi connectivity index (χ3n) is 2.15. The Morgan fingerprint density at radius 2 is 2.00 bits per heavy atom. The van der Waals surface area contributed by atoms with Crippen molar-refractivity contribution in [3.8, 4) is 0 Å². The molecule has 0 fully saturated rings. The summed E-state index contributed by atoms with van der Waals surface area (Å²) < 4.78 is 0. The first-order valence-corrected chi connectivity index (χ1v) is 6.26. The van der Waals surface area contributed by atoms with E-state index >= 15 is 0 Å². The summed E-state index contributed by atoms with van der Waals surface area (Å²) in [7, 11) is 0. The zero-order chi connectivity index (χ0) is 14.6. The predicted molar refractivity (Wildman–Crippen MR) is 70.4 cm³/mol. The first-order chi connectivity index (χ1) is 8.81. The first kappa shape index (κ1) is 15.7. The van der Waals surface area contributed by atoms with Gasteiger partial charge in [0.05, 0.1) is 5.56 Å². The molecule has 0 saturated carbocycles. The fraction of sp³-hybridized carbons (Fsp3) is 0.455. The van der Waals surface area contributed by atoms with Gasteiger partial charge in [0.25, 0.3) is 5.91 Å². The number of rotatable bonds is 5. The van der Waals surface area contributed by atoms with E-state index in [0.717, 1.165) is 0 Å². The molecule has 0 aliphatic carbocycles. The lowest BCUT2D eigenvalue weighted by molar-refractivity contribution is -0.137. The lowest BCUT2D eigenvalue weighted by Crippen LogP contribution is -2.38. The molecular weight excluding hydrogens is 293 g/mol. The van der Waals surface area contributed by atoms with Crippen LogP contribution in [-0.2, 0) is 4.79 Å². The van der Waals surface area contributed by atoms with Crippen LogP contribution in [0.4, 0.5) is 0 Å². The second-order valence-electron chi connectivity index (χ2n) is 4.34. The molecule has 0 saturated heterocycles. The van der Waals surface area contributed by atoms with Crippen molar-refractivity contribution in [2.75, 3.05) is 13.1 Å². The van der Waals surface area contributed by atoms with Crippen molar-refractivity contribution in [1.29, 1.82) is 0 Å². The Morgan fingerprint density at radius 1 is 1.37 bits per heavy atom. The molecule has 1 N–H and O–H groups in total. The number of carboxylic acids is 1. The van der Waals surface area contributed by atoms with E-state index in [-0.39, 0.29) is 21.8 Å². The van der Waals surface area contributed by atoms with Crippen LogP contribution in [0.3, 0.4) is 0 Å². The lowest BCUT2D eigenvalue weighted by Gasteiger charge is -2.22. The molecule has 104 valence electrons. The van der Waals surface area contributed by atoms with Crippen LogP contribution in [0.5, 0.6) is 0 Å². The Kier molecular flexibility index (Phi) is 5.50. The monoisotopic (exact) mass is 305 g/mol. The molecule has 0 spiro atoms. The van der Waals surface area contributed by atoms with Gasteiger partial charge >= 0.3 is 5.97 Å². The highest BCUT2D eigenvalue weighted by Crippen LogP contribution is 2.18. The maximum Gasteiger partial charge on any atom is 0.323 e. The number of carbonyl (C=O) groups excluding carboxylic acids is 1. The van der Waals surface area contributed by atoms with Crippen molar-refractivity contribution < 1.29 is 14.7 Å². The summed E-state index contributed by atoms with van der Waals surface area (Å²) in [5.41, 5.74) is 0.0450. The zero-order valence-electron chi connectivity index (χ0n) is 10.4. The van der Waals surface area contributed by atoms with Crippen LogP contribution in [0.1, 0.15) is 24.2 Å². The van der Waals surface area contributed by atoms with Gasteiger partial charge in [0, 0.05) is 6.54 Å². The van der Waals surface area contributed by atoms with E-state index in [1.807, 2.05) is 13.8 Å². The maximum atomic E-state index is 12.2. The third kappa shape index (κ3) is 4.65. The van der Waals surface area contributed by atoms with Gasteiger partial charge < -0.3 is 10.0 Å². The minimum atomic E-state index is -1.10. The average Bonchev–Trinajstić information content (AvgIpc) is 2.29. The van der Waals surface area contributed by atoms with Gasteiger partial charge in [0.15, 0.2) is 10.3 Å². The number of nitrogens with zero attached hydrogens (tertiary/aromatic N) is 3. The van der Waals surface area contributed by atoms with Crippen molar-refractivity contribution >= 4 is 35.1 Å². The summed E-state index contributed by atoms with van der Waals surface area (Å²) in [5.74, 6) is -1.51. The van der Waals surface area contributed by atoms with Crippen LogP contribution >= 0.6 is 23.2 Å². The first-order valence-electron chi connectivity index (χ1n) is 5.51. The molecule has 19 heavy (non-hydrogen) atoms. The third-order valence-corrected chi connectivity index (χ3v) is 2.61. The number of hydrogen-bond donors (Lipinski definition) is 1. The highest BCUT2D eigenvalue weighted by Gasteiger charge is 2.22. The van der Waals surface area contributed by atoms with Gasteiger partial charge in [0.1, 0.15) is 6.54 Å². The molecule has 0 aliphatic rings. The Labute approximate surface area is 120 Å². The molecule has 6 nitrogen and oxygen atoms in total. The van der Waals surface area contributed by atoms with Gasteiger partial charge in [-0.1, -0.05) is 37.0 Å². The predicted octanol–water partition coefficient (Wildman–Crippen LogP) is 1.97. The minimum absolute atomic E-state index is 0.0209. The molecule has 0 aliphatic heterocycles. The molecule has 1 heterocycles. The number of carbonyl (C=O) groups is 2. The summed E-state index contributed by atoms with van der Waals surface area (Å²) in [6.07, 6.45) is 0. The lowest BCUT2D eigenvalue weighted by atomic mass is 10.2. The van der Waals surface area contributed by atoms with Crippen LogP contribution in [0.15, 0.2) is 6.07 Å². The highest BCUT2D eigenvalue weighted by molar-refractivity contribution is 6.34. The Morgan fingerprint density at radius 3 is 2.53 bits per heavy atom. The fourth-order valence-electron chi connectivity index (χ4n) is 1.50. The normalized spacial score (nSPS) is 10.6. The van der Waals surface area contributed by atoms with Gasteiger partial charge in [-0.3, -0.25) is 9.59 Å². The van der Waals surface area contributed by atoms with Gasteiger partial charge in [-0.2, -0.15) is 0 Å². The number of amides is 1. The molecule has 0 atom stereocenters. The fourth-order valence-corrected chi connectivity index (χ4v) is 1.82. The average molecular weight is 306 g/mol. The second kappa shape index (κ2) is 6.68. The zero-order valence-corrected chi connectivity index (χ0v) is 11.9. The second-order valence-corrected chi connectivity index (χ2v) is 5.09. The number of aliphatic carboxylic acids is 1. The van der Waals surface area contributed by atoms with Gasteiger partial charge in [0.2, 0.25) is 0 Å². The molecule has 1 aromatic rings. The van der Waals surface area contributed by atoms with Crippen LogP contribution < -0.4 is 0 Å². The number of aromatic nitrogens is 2. The summed E-state index contributed by atoms with van der Waals surface area (Å²) in [5, 5.41) is 15.8. The summed E-state index contributed by atoms with van der Waals surface area (Å²) >= 11 is 11.4. The van der Waals surface area contributed by atoms with E-state index in [2.05, 4.69) is 10.2 Å². The summed E-state index contributed by atoms with van der Waals surface area (Å²) in [6, 6.07) is 1.27. The van der Waals surface area contributed by atoms with E-state index in [0.29, 0.717) is 6.54 Å².